The zero-order chi connectivity index (χ0) is 15.0. The lowest BCUT2D eigenvalue weighted by Crippen LogP contribution is -2.04. The van der Waals surface area contributed by atoms with Crippen LogP contribution in [0.2, 0.25) is 0 Å². The summed E-state index contributed by atoms with van der Waals surface area (Å²) in [5, 5.41) is 10.1. The number of aromatic carboxylic acids is 1. The molecular formula is C17H14FNO2. The molecule has 1 N–H and O–H groups in total. The number of rotatable bonds is 3. The largest absolute Gasteiger partial charge is 0.478 e. The van der Waals surface area contributed by atoms with E-state index in [0.717, 1.165) is 16.5 Å². The molecule has 4 heteroatoms. The first kappa shape index (κ1) is 13.4. The van der Waals surface area contributed by atoms with Gasteiger partial charge in [-0.15, -0.1) is 0 Å². The van der Waals surface area contributed by atoms with Crippen LogP contribution in [0.25, 0.3) is 10.9 Å². The van der Waals surface area contributed by atoms with Gasteiger partial charge in [-0.1, -0.05) is 18.2 Å². The molecule has 3 nitrogen and oxygen atoms in total. The Kier molecular flexibility index (Phi) is 3.22. The van der Waals surface area contributed by atoms with Gasteiger partial charge in [-0.3, -0.25) is 0 Å². The van der Waals surface area contributed by atoms with Crippen molar-refractivity contribution in [1.29, 1.82) is 0 Å². The summed E-state index contributed by atoms with van der Waals surface area (Å²) >= 11 is 0. The van der Waals surface area contributed by atoms with Crippen molar-refractivity contribution in [3.63, 3.8) is 0 Å². The third-order valence-electron chi connectivity index (χ3n) is 3.62. The molecule has 1 aromatic heterocycles. The van der Waals surface area contributed by atoms with Crippen molar-refractivity contribution in [2.75, 3.05) is 0 Å². The Balaban J connectivity index is 2.06. The molecular weight excluding hydrogens is 269 g/mol. The van der Waals surface area contributed by atoms with E-state index >= 15 is 0 Å². The van der Waals surface area contributed by atoms with Crippen LogP contribution in [-0.2, 0) is 6.54 Å². The molecule has 3 aromatic rings. The summed E-state index contributed by atoms with van der Waals surface area (Å²) < 4.78 is 15.9. The summed E-state index contributed by atoms with van der Waals surface area (Å²) in [5.74, 6) is -1.44. The summed E-state index contributed by atoms with van der Waals surface area (Å²) in [6.45, 7) is 2.31. The normalized spacial score (nSPS) is 11.0. The van der Waals surface area contributed by atoms with Gasteiger partial charge in [-0.2, -0.15) is 0 Å². The third kappa shape index (κ3) is 2.40. The van der Waals surface area contributed by atoms with Gasteiger partial charge < -0.3 is 9.67 Å². The molecule has 2 aromatic carbocycles. The average Bonchev–Trinajstić information content (AvgIpc) is 2.78. The Morgan fingerprint density at radius 3 is 2.76 bits per heavy atom. The molecule has 0 aliphatic heterocycles. The second kappa shape index (κ2) is 5.05. The first-order valence-electron chi connectivity index (χ1n) is 6.62. The number of halogens is 1. The van der Waals surface area contributed by atoms with Crippen molar-refractivity contribution in [3.8, 4) is 0 Å². The molecule has 0 atom stereocenters. The average molecular weight is 283 g/mol. The Labute approximate surface area is 121 Å². The van der Waals surface area contributed by atoms with E-state index in [4.69, 9.17) is 5.11 Å². The Morgan fingerprint density at radius 1 is 1.24 bits per heavy atom. The summed E-state index contributed by atoms with van der Waals surface area (Å²) in [6, 6.07) is 11.8. The van der Waals surface area contributed by atoms with E-state index in [1.54, 1.807) is 0 Å². The molecule has 0 radical (unpaired) electrons. The summed E-state index contributed by atoms with van der Waals surface area (Å²) in [5.41, 5.74) is 2.59. The van der Waals surface area contributed by atoms with Gasteiger partial charge in [0.25, 0.3) is 0 Å². The molecule has 0 saturated heterocycles. The lowest BCUT2D eigenvalue weighted by Gasteiger charge is -2.08. The minimum absolute atomic E-state index is 0.0968. The zero-order valence-electron chi connectivity index (χ0n) is 11.5. The maximum atomic E-state index is 13.9. The van der Waals surface area contributed by atoms with E-state index in [0.29, 0.717) is 12.1 Å². The molecule has 21 heavy (non-hydrogen) atoms. The van der Waals surface area contributed by atoms with E-state index < -0.39 is 11.8 Å². The first-order valence-corrected chi connectivity index (χ1v) is 6.62. The van der Waals surface area contributed by atoms with Crippen LogP contribution in [0, 0.1) is 12.7 Å². The minimum atomic E-state index is -1.05. The van der Waals surface area contributed by atoms with Gasteiger partial charge in [0.05, 0.1) is 12.1 Å². The van der Waals surface area contributed by atoms with Crippen LogP contribution in [0.3, 0.4) is 0 Å². The Hall–Kier alpha value is -2.62. The fourth-order valence-electron chi connectivity index (χ4n) is 2.57. The SMILES string of the molecule is Cc1cn(Cc2cc(C(=O)O)ccc2F)c2ccccc12. The smallest absolute Gasteiger partial charge is 0.335 e. The number of carboxylic acids is 1. The van der Waals surface area contributed by atoms with Crippen molar-refractivity contribution in [2.24, 2.45) is 0 Å². The van der Waals surface area contributed by atoms with E-state index in [1.807, 2.05) is 42.0 Å². The predicted molar refractivity (Wildman–Crippen MR) is 79.1 cm³/mol. The fourth-order valence-corrected chi connectivity index (χ4v) is 2.57. The molecule has 0 fully saturated rings. The predicted octanol–water partition coefficient (Wildman–Crippen LogP) is 3.84. The maximum Gasteiger partial charge on any atom is 0.335 e. The number of carboxylic acid groups (broad SMARTS) is 1. The number of carbonyl (C=O) groups is 1. The molecule has 0 unspecified atom stereocenters. The van der Waals surface area contributed by atoms with E-state index in [1.165, 1.54) is 18.2 Å². The Bertz CT molecular complexity index is 836. The molecule has 106 valence electrons. The van der Waals surface area contributed by atoms with Gasteiger partial charge in [0.1, 0.15) is 5.82 Å². The fraction of sp³-hybridized carbons (Fsp3) is 0.118. The molecule has 1 heterocycles. The topological polar surface area (TPSA) is 42.2 Å². The highest BCUT2D eigenvalue weighted by molar-refractivity contribution is 5.88. The second-order valence-electron chi connectivity index (χ2n) is 5.07. The highest BCUT2D eigenvalue weighted by Gasteiger charge is 2.11. The molecule has 0 aliphatic rings. The standard InChI is InChI=1S/C17H14FNO2/c1-11-9-19(16-5-3-2-4-14(11)16)10-13-8-12(17(20)21)6-7-15(13)18/h2-9H,10H2,1H3,(H,20,21). The summed E-state index contributed by atoms with van der Waals surface area (Å²) in [7, 11) is 0. The Morgan fingerprint density at radius 2 is 2.00 bits per heavy atom. The molecule has 0 amide bonds. The quantitative estimate of drug-likeness (QED) is 0.793. The van der Waals surface area contributed by atoms with Gasteiger partial charge in [0.15, 0.2) is 0 Å². The lowest BCUT2D eigenvalue weighted by molar-refractivity contribution is 0.0696. The van der Waals surface area contributed by atoms with Crippen molar-refractivity contribution in [1.82, 2.24) is 4.57 Å². The van der Waals surface area contributed by atoms with Crippen LogP contribution in [0.1, 0.15) is 21.5 Å². The molecule has 0 saturated carbocycles. The van der Waals surface area contributed by atoms with E-state index in [-0.39, 0.29) is 5.56 Å². The van der Waals surface area contributed by atoms with Crippen molar-refractivity contribution >= 4 is 16.9 Å². The van der Waals surface area contributed by atoms with Crippen molar-refractivity contribution in [2.45, 2.75) is 13.5 Å². The van der Waals surface area contributed by atoms with Crippen LogP contribution < -0.4 is 0 Å². The maximum absolute atomic E-state index is 13.9. The molecule has 0 bridgehead atoms. The molecule has 0 aliphatic carbocycles. The van der Waals surface area contributed by atoms with Gasteiger partial charge in [-0.05, 0) is 36.8 Å². The number of nitrogens with zero attached hydrogens (tertiary/aromatic N) is 1. The third-order valence-corrected chi connectivity index (χ3v) is 3.62. The zero-order valence-corrected chi connectivity index (χ0v) is 11.5. The lowest BCUT2D eigenvalue weighted by atomic mass is 10.1. The van der Waals surface area contributed by atoms with Crippen LogP contribution in [0.4, 0.5) is 4.39 Å². The number of hydrogen-bond donors (Lipinski definition) is 1. The van der Waals surface area contributed by atoms with E-state index in [9.17, 15) is 9.18 Å². The summed E-state index contributed by atoms with van der Waals surface area (Å²) in [6.07, 6.45) is 1.96. The van der Waals surface area contributed by atoms with Crippen LogP contribution >= 0.6 is 0 Å². The summed E-state index contributed by atoms with van der Waals surface area (Å²) in [4.78, 5) is 11.0. The highest BCUT2D eigenvalue weighted by Crippen LogP contribution is 2.22. The second-order valence-corrected chi connectivity index (χ2v) is 5.07. The van der Waals surface area contributed by atoms with Gasteiger partial charge in [0, 0.05) is 22.7 Å². The van der Waals surface area contributed by atoms with Crippen LogP contribution in [-0.4, -0.2) is 15.6 Å². The number of para-hydroxylation sites is 1. The number of aromatic nitrogens is 1. The molecule has 0 spiro atoms. The van der Waals surface area contributed by atoms with Crippen LogP contribution in [0.5, 0.6) is 0 Å². The van der Waals surface area contributed by atoms with Crippen molar-refractivity contribution in [3.05, 3.63) is 71.2 Å². The number of benzene rings is 2. The number of hydrogen-bond acceptors (Lipinski definition) is 1. The van der Waals surface area contributed by atoms with Gasteiger partial charge >= 0.3 is 5.97 Å². The number of aryl methyl sites for hydroxylation is 1. The van der Waals surface area contributed by atoms with E-state index in [2.05, 4.69) is 0 Å². The monoisotopic (exact) mass is 283 g/mol. The number of fused-ring (bicyclic) bond motifs is 1. The first-order chi connectivity index (χ1) is 10.1. The highest BCUT2D eigenvalue weighted by atomic mass is 19.1. The van der Waals surface area contributed by atoms with Crippen LogP contribution in [0.15, 0.2) is 48.7 Å². The van der Waals surface area contributed by atoms with Gasteiger partial charge in [-0.25, -0.2) is 9.18 Å². The minimum Gasteiger partial charge on any atom is -0.478 e. The van der Waals surface area contributed by atoms with Gasteiger partial charge in [0.2, 0.25) is 0 Å². The molecule has 3 rings (SSSR count). The van der Waals surface area contributed by atoms with Crippen molar-refractivity contribution < 1.29 is 14.3 Å².